The summed E-state index contributed by atoms with van der Waals surface area (Å²) in [4.78, 5) is 1.42. The molecule has 0 saturated carbocycles. The van der Waals surface area contributed by atoms with Crippen LogP contribution in [0.2, 0.25) is 0 Å². The number of aromatic nitrogens is 2. The van der Waals surface area contributed by atoms with Crippen molar-refractivity contribution in [1.29, 1.82) is 0 Å². The van der Waals surface area contributed by atoms with Crippen LogP contribution in [0.5, 0.6) is 0 Å². The normalized spacial score (nSPS) is 12.9. The van der Waals surface area contributed by atoms with E-state index < -0.39 is 0 Å². The SMILES string of the molecule is CCNC(c1sccc1CC)c1c(C)cnn1C. The fourth-order valence-electron chi connectivity index (χ4n) is 2.38. The van der Waals surface area contributed by atoms with Crippen LogP contribution >= 0.6 is 11.3 Å². The summed E-state index contributed by atoms with van der Waals surface area (Å²) < 4.78 is 1.99. The summed E-state index contributed by atoms with van der Waals surface area (Å²) in [5.74, 6) is 0. The maximum Gasteiger partial charge on any atom is 0.0847 e. The molecule has 0 saturated heterocycles. The predicted molar refractivity (Wildman–Crippen MR) is 77.2 cm³/mol. The summed E-state index contributed by atoms with van der Waals surface area (Å²) in [6, 6.07) is 2.49. The second kappa shape index (κ2) is 5.67. The quantitative estimate of drug-likeness (QED) is 0.898. The van der Waals surface area contributed by atoms with Crippen LogP contribution in [-0.2, 0) is 13.5 Å². The second-order valence-corrected chi connectivity index (χ2v) is 5.44. The van der Waals surface area contributed by atoms with E-state index in [2.05, 4.69) is 42.6 Å². The van der Waals surface area contributed by atoms with Gasteiger partial charge in [-0.2, -0.15) is 5.10 Å². The van der Waals surface area contributed by atoms with E-state index in [0.29, 0.717) is 0 Å². The Morgan fingerprint density at radius 1 is 1.44 bits per heavy atom. The van der Waals surface area contributed by atoms with Gasteiger partial charge >= 0.3 is 0 Å². The Morgan fingerprint density at radius 3 is 2.78 bits per heavy atom. The summed E-state index contributed by atoms with van der Waals surface area (Å²) in [5.41, 5.74) is 3.96. The number of hydrogen-bond acceptors (Lipinski definition) is 3. The summed E-state index contributed by atoms with van der Waals surface area (Å²) >= 11 is 1.83. The molecule has 98 valence electrons. The van der Waals surface area contributed by atoms with Crippen LogP contribution in [-0.4, -0.2) is 16.3 Å². The maximum absolute atomic E-state index is 4.37. The topological polar surface area (TPSA) is 29.9 Å². The fourth-order valence-corrected chi connectivity index (χ4v) is 3.46. The lowest BCUT2D eigenvalue weighted by atomic mass is 10.0. The number of aryl methyl sites for hydroxylation is 3. The van der Waals surface area contributed by atoms with Crippen LogP contribution in [0, 0.1) is 6.92 Å². The molecule has 0 aliphatic heterocycles. The van der Waals surface area contributed by atoms with Gasteiger partial charge in [-0.25, -0.2) is 0 Å². The van der Waals surface area contributed by atoms with Crippen molar-refractivity contribution >= 4 is 11.3 Å². The molecule has 2 rings (SSSR count). The van der Waals surface area contributed by atoms with Gasteiger partial charge in [-0.05, 0) is 42.5 Å². The minimum Gasteiger partial charge on any atom is -0.305 e. The molecule has 4 heteroatoms. The van der Waals surface area contributed by atoms with Crippen LogP contribution in [0.4, 0.5) is 0 Å². The van der Waals surface area contributed by atoms with Crippen molar-refractivity contribution in [2.75, 3.05) is 6.54 Å². The van der Waals surface area contributed by atoms with Gasteiger partial charge < -0.3 is 5.32 Å². The third-order valence-corrected chi connectivity index (χ3v) is 4.31. The first kappa shape index (κ1) is 13.3. The van der Waals surface area contributed by atoms with E-state index in [4.69, 9.17) is 0 Å². The summed E-state index contributed by atoms with van der Waals surface area (Å²) in [6.45, 7) is 7.45. The second-order valence-electron chi connectivity index (χ2n) is 4.49. The van der Waals surface area contributed by atoms with E-state index in [9.17, 15) is 0 Å². The molecule has 1 N–H and O–H groups in total. The minimum absolute atomic E-state index is 0.262. The highest BCUT2D eigenvalue weighted by molar-refractivity contribution is 7.10. The highest BCUT2D eigenvalue weighted by atomic mass is 32.1. The minimum atomic E-state index is 0.262. The van der Waals surface area contributed by atoms with Gasteiger partial charge in [0, 0.05) is 11.9 Å². The molecule has 0 aliphatic rings. The Hall–Kier alpha value is -1.13. The molecule has 0 fully saturated rings. The van der Waals surface area contributed by atoms with Crippen molar-refractivity contribution in [1.82, 2.24) is 15.1 Å². The average molecular weight is 263 g/mol. The van der Waals surface area contributed by atoms with Gasteiger partial charge in [-0.1, -0.05) is 13.8 Å². The molecule has 1 atom stereocenters. The maximum atomic E-state index is 4.37. The molecule has 2 aromatic rings. The first-order valence-corrected chi connectivity index (χ1v) is 7.35. The van der Waals surface area contributed by atoms with Gasteiger partial charge in [0.1, 0.15) is 0 Å². The van der Waals surface area contributed by atoms with Crippen LogP contribution in [0.1, 0.15) is 41.6 Å². The van der Waals surface area contributed by atoms with Crippen molar-refractivity contribution < 1.29 is 0 Å². The van der Waals surface area contributed by atoms with Crippen LogP contribution in [0.3, 0.4) is 0 Å². The standard InChI is InChI=1S/C14H21N3S/c1-5-11-7-8-18-14(11)12(15-6-2)13-10(3)9-16-17(13)4/h7-9,12,15H,5-6H2,1-4H3. The van der Waals surface area contributed by atoms with Gasteiger partial charge in [-0.15, -0.1) is 11.3 Å². The lowest BCUT2D eigenvalue weighted by Crippen LogP contribution is -2.25. The molecule has 0 bridgehead atoms. The highest BCUT2D eigenvalue weighted by Crippen LogP contribution is 2.31. The fraction of sp³-hybridized carbons (Fsp3) is 0.500. The third-order valence-electron chi connectivity index (χ3n) is 3.28. The van der Waals surface area contributed by atoms with Crippen LogP contribution in [0.15, 0.2) is 17.6 Å². The van der Waals surface area contributed by atoms with Crippen molar-refractivity contribution in [3.8, 4) is 0 Å². The van der Waals surface area contributed by atoms with Crippen LogP contribution < -0.4 is 5.32 Å². The van der Waals surface area contributed by atoms with Crippen molar-refractivity contribution in [2.45, 2.75) is 33.2 Å². The third kappa shape index (κ3) is 2.35. The lowest BCUT2D eigenvalue weighted by molar-refractivity contribution is 0.574. The molecule has 0 aliphatic carbocycles. The van der Waals surface area contributed by atoms with Gasteiger partial charge in [0.2, 0.25) is 0 Å². The van der Waals surface area contributed by atoms with E-state index in [1.807, 2.05) is 29.3 Å². The molecule has 18 heavy (non-hydrogen) atoms. The molecule has 2 heterocycles. The number of nitrogens with zero attached hydrogens (tertiary/aromatic N) is 2. The first-order chi connectivity index (χ1) is 8.69. The monoisotopic (exact) mass is 263 g/mol. The number of nitrogens with one attached hydrogen (secondary N) is 1. The van der Waals surface area contributed by atoms with E-state index in [1.165, 1.54) is 21.7 Å². The Kier molecular flexibility index (Phi) is 4.19. The largest absolute Gasteiger partial charge is 0.305 e. The van der Waals surface area contributed by atoms with Crippen molar-refractivity contribution in [3.63, 3.8) is 0 Å². The molecule has 0 spiro atoms. The zero-order chi connectivity index (χ0) is 13.1. The van der Waals surface area contributed by atoms with E-state index in [1.54, 1.807) is 0 Å². The van der Waals surface area contributed by atoms with E-state index in [-0.39, 0.29) is 6.04 Å². The van der Waals surface area contributed by atoms with Crippen molar-refractivity contribution in [3.05, 3.63) is 39.3 Å². The number of thiophene rings is 1. The molecule has 1 unspecified atom stereocenters. The van der Waals surface area contributed by atoms with E-state index in [0.717, 1.165) is 13.0 Å². The molecule has 0 radical (unpaired) electrons. The van der Waals surface area contributed by atoms with Gasteiger partial charge in [0.25, 0.3) is 0 Å². The molecule has 0 amide bonds. The molecular weight excluding hydrogens is 242 g/mol. The molecule has 3 nitrogen and oxygen atoms in total. The predicted octanol–water partition coefficient (Wildman–Crippen LogP) is 3.05. The summed E-state index contributed by atoms with van der Waals surface area (Å²) in [7, 11) is 2.02. The Balaban J connectivity index is 2.46. The Morgan fingerprint density at radius 2 is 2.22 bits per heavy atom. The van der Waals surface area contributed by atoms with Crippen LogP contribution in [0.25, 0.3) is 0 Å². The Labute approximate surface area is 113 Å². The number of rotatable bonds is 5. The van der Waals surface area contributed by atoms with E-state index >= 15 is 0 Å². The van der Waals surface area contributed by atoms with Crippen molar-refractivity contribution in [2.24, 2.45) is 7.05 Å². The zero-order valence-electron chi connectivity index (χ0n) is 11.5. The van der Waals surface area contributed by atoms with Gasteiger partial charge in [-0.3, -0.25) is 4.68 Å². The summed E-state index contributed by atoms with van der Waals surface area (Å²) in [6.07, 6.45) is 3.02. The van der Waals surface area contributed by atoms with Gasteiger partial charge in [0.05, 0.1) is 17.9 Å². The lowest BCUT2D eigenvalue weighted by Gasteiger charge is -2.19. The molecular formula is C14H21N3S. The summed E-state index contributed by atoms with van der Waals surface area (Å²) in [5, 5.41) is 10.1. The smallest absolute Gasteiger partial charge is 0.0847 e. The van der Waals surface area contributed by atoms with Gasteiger partial charge in [0.15, 0.2) is 0 Å². The molecule has 0 aromatic carbocycles. The first-order valence-electron chi connectivity index (χ1n) is 6.47. The molecule has 2 aromatic heterocycles. The average Bonchev–Trinajstić information content (AvgIpc) is 2.94. The zero-order valence-corrected chi connectivity index (χ0v) is 12.3. The Bertz CT molecular complexity index is 493. The number of hydrogen-bond donors (Lipinski definition) is 1. The highest BCUT2D eigenvalue weighted by Gasteiger charge is 2.22.